The van der Waals surface area contributed by atoms with Gasteiger partial charge in [-0.1, -0.05) is 19.3 Å². The van der Waals surface area contributed by atoms with Crippen LogP contribution in [-0.2, 0) is 0 Å². The maximum atomic E-state index is 12.2. The Morgan fingerprint density at radius 3 is 3.00 bits per heavy atom. The second kappa shape index (κ2) is 5.63. The van der Waals surface area contributed by atoms with Crippen molar-refractivity contribution in [2.45, 2.75) is 25.7 Å². The molecule has 0 aliphatic heterocycles. The van der Waals surface area contributed by atoms with Crippen LogP contribution in [0.15, 0.2) is 18.5 Å². The van der Waals surface area contributed by atoms with E-state index in [-0.39, 0.29) is 5.91 Å². The molecule has 1 aromatic heterocycles. The first kappa shape index (κ1) is 12.6. The van der Waals surface area contributed by atoms with Gasteiger partial charge in [-0.3, -0.25) is 9.78 Å². The van der Waals surface area contributed by atoms with Gasteiger partial charge < -0.3 is 4.90 Å². The van der Waals surface area contributed by atoms with E-state index in [4.69, 9.17) is 5.26 Å². The third-order valence-corrected chi connectivity index (χ3v) is 3.62. The molecule has 1 aromatic rings. The minimum atomic E-state index is -0.112. The van der Waals surface area contributed by atoms with E-state index in [1.807, 2.05) is 6.07 Å². The van der Waals surface area contributed by atoms with Gasteiger partial charge in [0.15, 0.2) is 0 Å². The van der Waals surface area contributed by atoms with Crippen LogP contribution in [0, 0.1) is 17.2 Å². The zero-order valence-corrected chi connectivity index (χ0v) is 10.6. The normalized spacial score (nSPS) is 14.7. The van der Waals surface area contributed by atoms with Crippen molar-refractivity contribution in [1.29, 1.82) is 5.26 Å². The lowest BCUT2D eigenvalue weighted by Crippen LogP contribution is -2.30. The Balaban J connectivity index is 1.98. The molecule has 1 heterocycles. The first-order valence-corrected chi connectivity index (χ1v) is 6.32. The Morgan fingerprint density at radius 2 is 2.39 bits per heavy atom. The lowest BCUT2D eigenvalue weighted by molar-refractivity contribution is 0.0778. The molecule has 0 spiro atoms. The molecule has 0 bridgehead atoms. The molecule has 0 N–H and O–H groups in total. The Morgan fingerprint density at radius 1 is 1.61 bits per heavy atom. The SMILES string of the molecule is CN(CCC1CCC1)C(=O)c1cnccc1C#N. The third-order valence-electron chi connectivity index (χ3n) is 3.62. The third kappa shape index (κ3) is 2.67. The predicted octanol–water partition coefficient (Wildman–Crippen LogP) is 2.22. The van der Waals surface area contributed by atoms with Crippen molar-refractivity contribution in [3.63, 3.8) is 0 Å². The number of nitrogens with zero attached hydrogens (tertiary/aromatic N) is 3. The second-order valence-corrected chi connectivity index (χ2v) is 4.85. The summed E-state index contributed by atoms with van der Waals surface area (Å²) >= 11 is 0. The quantitative estimate of drug-likeness (QED) is 0.814. The minimum Gasteiger partial charge on any atom is -0.342 e. The highest BCUT2D eigenvalue weighted by Crippen LogP contribution is 2.29. The smallest absolute Gasteiger partial charge is 0.256 e. The van der Waals surface area contributed by atoms with Crippen molar-refractivity contribution in [1.82, 2.24) is 9.88 Å². The van der Waals surface area contributed by atoms with Crippen LogP contribution in [0.2, 0.25) is 0 Å². The topological polar surface area (TPSA) is 57.0 Å². The highest BCUT2D eigenvalue weighted by molar-refractivity contribution is 5.96. The molecule has 1 amide bonds. The van der Waals surface area contributed by atoms with Crippen LogP contribution in [0.4, 0.5) is 0 Å². The van der Waals surface area contributed by atoms with Crippen molar-refractivity contribution in [3.05, 3.63) is 29.6 Å². The number of aromatic nitrogens is 1. The summed E-state index contributed by atoms with van der Waals surface area (Å²) in [5.41, 5.74) is 0.793. The van der Waals surface area contributed by atoms with Gasteiger partial charge >= 0.3 is 0 Å². The molecule has 0 unspecified atom stereocenters. The van der Waals surface area contributed by atoms with Crippen LogP contribution < -0.4 is 0 Å². The lowest BCUT2D eigenvalue weighted by atomic mass is 9.83. The Hall–Kier alpha value is -1.89. The Kier molecular flexibility index (Phi) is 3.93. The number of hydrogen-bond donors (Lipinski definition) is 0. The van der Waals surface area contributed by atoms with Gasteiger partial charge in [0.05, 0.1) is 11.1 Å². The van der Waals surface area contributed by atoms with Crippen molar-refractivity contribution in [2.24, 2.45) is 5.92 Å². The molecular weight excluding hydrogens is 226 g/mol. The molecule has 1 fully saturated rings. The largest absolute Gasteiger partial charge is 0.342 e. The van der Waals surface area contributed by atoms with Gasteiger partial charge in [-0.2, -0.15) is 5.26 Å². The fourth-order valence-electron chi connectivity index (χ4n) is 2.13. The van der Waals surface area contributed by atoms with E-state index in [1.54, 1.807) is 18.0 Å². The zero-order valence-electron chi connectivity index (χ0n) is 10.6. The summed E-state index contributed by atoms with van der Waals surface area (Å²) in [5.74, 6) is 0.670. The maximum Gasteiger partial charge on any atom is 0.256 e. The van der Waals surface area contributed by atoms with Crippen LogP contribution in [0.1, 0.15) is 41.6 Å². The zero-order chi connectivity index (χ0) is 13.0. The van der Waals surface area contributed by atoms with Gasteiger partial charge in [-0.25, -0.2) is 0 Å². The first-order chi connectivity index (χ1) is 8.72. The molecule has 1 saturated carbocycles. The lowest BCUT2D eigenvalue weighted by Gasteiger charge is -2.27. The number of amides is 1. The molecule has 4 heteroatoms. The molecule has 0 saturated heterocycles. The number of carbonyl (C=O) groups is 1. The van der Waals surface area contributed by atoms with Gasteiger partial charge in [0, 0.05) is 26.0 Å². The van der Waals surface area contributed by atoms with Crippen LogP contribution in [0.25, 0.3) is 0 Å². The van der Waals surface area contributed by atoms with E-state index >= 15 is 0 Å². The van der Waals surface area contributed by atoms with Gasteiger partial charge in [0.25, 0.3) is 5.91 Å². The molecule has 4 nitrogen and oxygen atoms in total. The highest BCUT2D eigenvalue weighted by atomic mass is 16.2. The summed E-state index contributed by atoms with van der Waals surface area (Å²) in [4.78, 5) is 17.8. The maximum absolute atomic E-state index is 12.2. The van der Waals surface area contributed by atoms with Crippen molar-refractivity contribution >= 4 is 5.91 Å². The van der Waals surface area contributed by atoms with Gasteiger partial charge in [-0.15, -0.1) is 0 Å². The Bertz CT molecular complexity index is 474. The van der Waals surface area contributed by atoms with E-state index in [9.17, 15) is 4.79 Å². The number of pyridine rings is 1. The van der Waals surface area contributed by atoms with Crippen LogP contribution in [0.5, 0.6) is 0 Å². The monoisotopic (exact) mass is 243 g/mol. The van der Waals surface area contributed by atoms with Gasteiger partial charge in [-0.05, 0) is 18.4 Å². The van der Waals surface area contributed by atoms with Crippen LogP contribution in [0.3, 0.4) is 0 Å². The number of nitriles is 1. The summed E-state index contributed by atoms with van der Waals surface area (Å²) in [7, 11) is 1.79. The van der Waals surface area contributed by atoms with Crippen LogP contribution in [-0.4, -0.2) is 29.4 Å². The second-order valence-electron chi connectivity index (χ2n) is 4.85. The van der Waals surface area contributed by atoms with E-state index in [2.05, 4.69) is 4.98 Å². The summed E-state index contributed by atoms with van der Waals surface area (Å²) in [6.45, 7) is 0.753. The summed E-state index contributed by atoms with van der Waals surface area (Å²) in [6.07, 6.45) is 7.97. The predicted molar refractivity (Wildman–Crippen MR) is 67.9 cm³/mol. The first-order valence-electron chi connectivity index (χ1n) is 6.32. The van der Waals surface area contributed by atoms with Crippen molar-refractivity contribution in [2.75, 3.05) is 13.6 Å². The summed E-state index contributed by atoms with van der Waals surface area (Å²) in [5, 5.41) is 8.97. The van der Waals surface area contributed by atoms with Crippen LogP contribution >= 0.6 is 0 Å². The molecule has 1 aliphatic carbocycles. The highest BCUT2D eigenvalue weighted by Gasteiger charge is 2.20. The van der Waals surface area contributed by atoms with Crippen molar-refractivity contribution in [3.8, 4) is 6.07 Å². The van der Waals surface area contributed by atoms with Gasteiger partial charge in [0.2, 0.25) is 0 Å². The van der Waals surface area contributed by atoms with Crippen molar-refractivity contribution < 1.29 is 4.79 Å². The number of carbonyl (C=O) groups excluding carboxylic acids is 1. The minimum absolute atomic E-state index is 0.112. The summed E-state index contributed by atoms with van der Waals surface area (Å²) < 4.78 is 0. The van der Waals surface area contributed by atoms with E-state index in [0.717, 1.165) is 18.9 Å². The van der Waals surface area contributed by atoms with E-state index in [1.165, 1.54) is 31.7 Å². The molecule has 18 heavy (non-hydrogen) atoms. The molecule has 0 radical (unpaired) electrons. The molecule has 94 valence electrons. The number of rotatable bonds is 4. The van der Waals surface area contributed by atoms with E-state index in [0.29, 0.717) is 11.1 Å². The Labute approximate surface area is 107 Å². The number of hydrogen-bond acceptors (Lipinski definition) is 3. The standard InChI is InChI=1S/C14H17N3O/c1-17(8-6-11-3-2-4-11)14(18)13-10-16-7-5-12(13)9-15/h5,7,10-11H,2-4,6,8H2,1H3. The fourth-order valence-corrected chi connectivity index (χ4v) is 2.13. The van der Waals surface area contributed by atoms with Gasteiger partial charge in [0.1, 0.15) is 6.07 Å². The summed E-state index contributed by atoms with van der Waals surface area (Å²) in [6, 6.07) is 3.61. The molecule has 2 rings (SSSR count). The van der Waals surface area contributed by atoms with E-state index < -0.39 is 0 Å². The molecular formula is C14H17N3O. The molecule has 0 atom stereocenters. The molecule has 1 aliphatic rings. The molecule has 0 aromatic carbocycles. The average molecular weight is 243 g/mol. The average Bonchev–Trinajstić information content (AvgIpc) is 2.35. The fraction of sp³-hybridized carbons (Fsp3) is 0.500.